The predicted molar refractivity (Wildman–Crippen MR) is 147 cm³/mol. The molecule has 5 aromatic rings. The fraction of sp³-hybridized carbons (Fsp3) is 0.125. The van der Waals surface area contributed by atoms with E-state index in [1.165, 1.54) is 0 Å². The molecule has 0 saturated heterocycles. The van der Waals surface area contributed by atoms with Crippen LogP contribution in [0, 0.1) is 0 Å². The predicted octanol–water partition coefficient (Wildman–Crippen LogP) is 6.94. The Hall–Kier alpha value is -4.64. The number of fused-ring (bicyclic) bond motifs is 1. The van der Waals surface area contributed by atoms with E-state index in [9.17, 15) is 14.7 Å². The van der Waals surface area contributed by atoms with Gasteiger partial charge in [-0.2, -0.15) is 0 Å². The highest BCUT2D eigenvalue weighted by molar-refractivity contribution is 5.98. The van der Waals surface area contributed by atoms with E-state index in [1.54, 1.807) is 12.1 Å². The minimum Gasteiger partial charge on any atom is -0.478 e. The topological polar surface area (TPSA) is 71.3 Å². The average Bonchev–Trinajstić information content (AvgIpc) is 3.34. The van der Waals surface area contributed by atoms with Crippen LogP contribution in [0.15, 0.2) is 109 Å². The highest BCUT2D eigenvalue weighted by atomic mass is 16.4. The molecule has 1 heterocycles. The van der Waals surface area contributed by atoms with Crippen LogP contribution >= 0.6 is 0 Å². The van der Waals surface area contributed by atoms with Gasteiger partial charge < -0.3 is 15.0 Å². The molecule has 37 heavy (non-hydrogen) atoms. The van der Waals surface area contributed by atoms with Gasteiger partial charge in [-0.1, -0.05) is 73.7 Å². The van der Waals surface area contributed by atoms with E-state index in [0.717, 1.165) is 39.6 Å². The summed E-state index contributed by atoms with van der Waals surface area (Å²) in [6.45, 7) is 2.72. The minimum atomic E-state index is -0.933. The summed E-state index contributed by atoms with van der Waals surface area (Å²) in [5, 5.41) is 13.4. The van der Waals surface area contributed by atoms with Crippen LogP contribution in [-0.2, 0) is 6.54 Å². The molecule has 5 rings (SSSR count). The van der Waals surface area contributed by atoms with Gasteiger partial charge in [0.05, 0.1) is 11.6 Å². The van der Waals surface area contributed by atoms with Crippen molar-refractivity contribution in [1.82, 2.24) is 9.88 Å². The van der Waals surface area contributed by atoms with E-state index in [-0.39, 0.29) is 17.5 Å². The van der Waals surface area contributed by atoms with Gasteiger partial charge in [-0.3, -0.25) is 4.79 Å². The summed E-state index contributed by atoms with van der Waals surface area (Å²) in [5.41, 5.74) is 6.21. The third-order valence-corrected chi connectivity index (χ3v) is 6.75. The van der Waals surface area contributed by atoms with Crippen LogP contribution in [0.3, 0.4) is 0 Å². The quantitative estimate of drug-likeness (QED) is 0.249. The molecule has 0 aliphatic carbocycles. The molecule has 0 bridgehead atoms. The lowest BCUT2D eigenvalue weighted by molar-refractivity contribution is 0.0696. The molecule has 5 heteroatoms. The number of aromatic carboxylic acids is 1. The van der Waals surface area contributed by atoms with Crippen molar-refractivity contribution < 1.29 is 14.7 Å². The van der Waals surface area contributed by atoms with Crippen molar-refractivity contribution in [1.29, 1.82) is 0 Å². The van der Waals surface area contributed by atoms with Gasteiger partial charge >= 0.3 is 5.97 Å². The van der Waals surface area contributed by atoms with Gasteiger partial charge in [0.15, 0.2) is 0 Å². The maximum Gasteiger partial charge on any atom is 0.335 e. The number of nitrogens with zero attached hydrogens (tertiary/aromatic N) is 1. The average molecular weight is 489 g/mol. The molecule has 0 unspecified atom stereocenters. The van der Waals surface area contributed by atoms with E-state index in [2.05, 4.69) is 28.9 Å². The smallest absolute Gasteiger partial charge is 0.335 e. The lowest BCUT2D eigenvalue weighted by Gasteiger charge is -2.17. The van der Waals surface area contributed by atoms with Crippen LogP contribution in [0.1, 0.15) is 51.2 Å². The number of nitrogens with one attached hydrogen (secondary N) is 1. The Labute approximate surface area is 216 Å². The Morgan fingerprint density at radius 2 is 1.54 bits per heavy atom. The standard InChI is InChI=1S/C32H28N2O3/c1-2-29(23-8-4-3-5-9-23)33-31(35)26-16-17-30-25(20-26)18-19-34(30)21-27-10-6-7-11-28(27)22-12-14-24(15-13-22)32(36)37/h3-20,29H,2,21H2,1H3,(H,33,35)(H,36,37)/t29-/m0/s1. The number of benzene rings is 4. The number of carbonyl (C=O) groups excluding carboxylic acids is 1. The number of carboxylic acid groups (broad SMARTS) is 1. The molecule has 0 saturated carbocycles. The Morgan fingerprint density at radius 3 is 2.27 bits per heavy atom. The van der Waals surface area contributed by atoms with E-state index >= 15 is 0 Å². The normalized spacial score (nSPS) is 11.8. The van der Waals surface area contributed by atoms with Crippen LogP contribution < -0.4 is 5.32 Å². The van der Waals surface area contributed by atoms with Gasteiger partial charge in [0, 0.05) is 29.2 Å². The summed E-state index contributed by atoms with van der Waals surface area (Å²) in [7, 11) is 0. The van der Waals surface area contributed by atoms with Gasteiger partial charge in [0.1, 0.15) is 0 Å². The summed E-state index contributed by atoms with van der Waals surface area (Å²) in [5.74, 6) is -1.02. The third kappa shape index (κ3) is 5.16. The number of carbonyl (C=O) groups is 2. The zero-order valence-corrected chi connectivity index (χ0v) is 20.6. The van der Waals surface area contributed by atoms with Crippen molar-refractivity contribution in [3.05, 3.63) is 132 Å². The van der Waals surface area contributed by atoms with E-state index in [4.69, 9.17) is 0 Å². The lowest BCUT2D eigenvalue weighted by atomic mass is 9.98. The number of rotatable bonds is 8. The van der Waals surface area contributed by atoms with E-state index in [0.29, 0.717) is 12.1 Å². The molecule has 1 amide bonds. The van der Waals surface area contributed by atoms with Crippen LogP contribution in [0.5, 0.6) is 0 Å². The summed E-state index contributed by atoms with van der Waals surface area (Å²) in [6.07, 6.45) is 2.85. The monoisotopic (exact) mass is 488 g/mol. The number of hydrogen-bond donors (Lipinski definition) is 2. The van der Waals surface area contributed by atoms with Crippen molar-refractivity contribution in [2.24, 2.45) is 0 Å². The highest BCUT2D eigenvalue weighted by Crippen LogP contribution is 2.27. The molecule has 0 aliphatic heterocycles. The molecule has 1 aromatic heterocycles. The number of carboxylic acids is 1. The first-order valence-electron chi connectivity index (χ1n) is 12.4. The fourth-order valence-corrected chi connectivity index (χ4v) is 4.74. The zero-order chi connectivity index (χ0) is 25.8. The maximum atomic E-state index is 13.0. The first kappa shape index (κ1) is 24.1. The van der Waals surface area contributed by atoms with Crippen molar-refractivity contribution >= 4 is 22.8 Å². The molecule has 0 spiro atoms. The first-order chi connectivity index (χ1) is 18.0. The van der Waals surface area contributed by atoms with Crippen LogP contribution in [0.4, 0.5) is 0 Å². The SMILES string of the molecule is CC[C@H](NC(=O)c1ccc2c(ccn2Cc2ccccc2-c2ccc(C(=O)O)cc2)c1)c1ccccc1. The largest absolute Gasteiger partial charge is 0.478 e. The van der Waals surface area contributed by atoms with Crippen LogP contribution in [0.25, 0.3) is 22.0 Å². The van der Waals surface area contributed by atoms with E-state index < -0.39 is 5.97 Å². The maximum absolute atomic E-state index is 13.0. The second kappa shape index (κ2) is 10.5. The molecule has 184 valence electrons. The van der Waals surface area contributed by atoms with Crippen LogP contribution in [-0.4, -0.2) is 21.6 Å². The van der Waals surface area contributed by atoms with Gasteiger partial charge in [-0.05, 0) is 65.1 Å². The van der Waals surface area contributed by atoms with Crippen LogP contribution in [0.2, 0.25) is 0 Å². The van der Waals surface area contributed by atoms with Crippen molar-refractivity contribution in [3.63, 3.8) is 0 Å². The Balaban J connectivity index is 1.38. The lowest BCUT2D eigenvalue weighted by Crippen LogP contribution is -2.28. The molecule has 4 aromatic carbocycles. The summed E-state index contributed by atoms with van der Waals surface area (Å²) in [6, 6.07) is 32.9. The number of hydrogen-bond acceptors (Lipinski definition) is 2. The Morgan fingerprint density at radius 1 is 0.838 bits per heavy atom. The van der Waals surface area contributed by atoms with Gasteiger partial charge in [-0.15, -0.1) is 0 Å². The van der Waals surface area contributed by atoms with Crippen molar-refractivity contribution in [2.75, 3.05) is 0 Å². The Kier molecular flexibility index (Phi) is 6.86. The third-order valence-electron chi connectivity index (χ3n) is 6.75. The van der Waals surface area contributed by atoms with Gasteiger partial charge in [-0.25, -0.2) is 4.79 Å². The fourth-order valence-electron chi connectivity index (χ4n) is 4.74. The highest BCUT2D eigenvalue weighted by Gasteiger charge is 2.15. The van der Waals surface area contributed by atoms with Gasteiger partial charge in [0.25, 0.3) is 5.91 Å². The number of amides is 1. The van der Waals surface area contributed by atoms with Crippen molar-refractivity contribution in [3.8, 4) is 11.1 Å². The second-order valence-corrected chi connectivity index (χ2v) is 9.10. The summed E-state index contributed by atoms with van der Waals surface area (Å²) in [4.78, 5) is 24.3. The Bertz CT molecular complexity index is 1550. The molecular weight excluding hydrogens is 460 g/mol. The molecule has 5 nitrogen and oxygen atoms in total. The molecule has 0 fully saturated rings. The summed E-state index contributed by atoms with van der Waals surface area (Å²) < 4.78 is 2.17. The molecule has 0 aliphatic rings. The summed E-state index contributed by atoms with van der Waals surface area (Å²) >= 11 is 0. The minimum absolute atomic E-state index is 0.0324. The van der Waals surface area contributed by atoms with Gasteiger partial charge in [0.2, 0.25) is 0 Å². The van der Waals surface area contributed by atoms with E-state index in [1.807, 2.05) is 85.1 Å². The zero-order valence-electron chi connectivity index (χ0n) is 20.6. The molecule has 1 atom stereocenters. The van der Waals surface area contributed by atoms with Crippen molar-refractivity contribution in [2.45, 2.75) is 25.9 Å². The first-order valence-corrected chi connectivity index (χ1v) is 12.4. The second-order valence-electron chi connectivity index (χ2n) is 9.10. The molecule has 0 radical (unpaired) electrons. The number of aromatic nitrogens is 1. The molecular formula is C32H28N2O3. The molecule has 2 N–H and O–H groups in total.